The standard InChI is InChI=1S/C34H67NO5/c1-3-5-7-9-11-13-14-15-16-17-18-19-20-22-24-26-28-32(38)34(40)35-30(29-36)33(39)31(37)27-25-23-21-12-10-8-6-4-2/h12,21,30-33,36-39H,3-11,13-20,22-29H2,1-2H3,(H,35,40)/b21-12+/t30?,31?,32-,33+/m1/s1. The van der Waals surface area contributed by atoms with Gasteiger partial charge in [-0.1, -0.05) is 142 Å². The lowest BCUT2D eigenvalue weighted by atomic mass is 10.00. The van der Waals surface area contributed by atoms with Crippen molar-refractivity contribution in [2.45, 2.75) is 192 Å². The number of aliphatic hydroxyl groups is 4. The van der Waals surface area contributed by atoms with Crippen molar-refractivity contribution in [1.82, 2.24) is 5.32 Å². The summed E-state index contributed by atoms with van der Waals surface area (Å²) in [4.78, 5) is 12.4. The Balaban J connectivity index is 3.81. The van der Waals surface area contributed by atoms with E-state index in [0.29, 0.717) is 12.8 Å². The third kappa shape index (κ3) is 23.7. The maximum Gasteiger partial charge on any atom is 0.249 e. The zero-order chi connectivity index (χ0) is 29.7. The number of allylic oxidation sites excluding steroid dienone is 2. The monoisotopic (exact) mass is 570 g/mol. The average Bonchev–Trinajstić information content (AvgIpc) is 2.96. The van der Waals surface area contributed by atoms with Gasteiger partial charge in [-0.25, -0.2) is 0 Å². The fourth-order valence-electron chi connectivity index (χ4n) is 5.17. The summed E-state index contributed by atoms with van der Waals surface area (Å²) in [7, 11) is 0. The van der Waals surface area contributed by atoms with E-state index in [9.17, 15) is 25.2 Å². The van der Waals surface area contributed by atoms with E-state index in [0.717, 1.165) is 38.5 Å². The van der Waals surface area contributed by atoms with E-state index < -0.39 is 36.9 Å². The number of amides is 1. The molecule has 238 valence electrons. The van der Waals surface area contributed by atoms with Crippen LogP contribution in [0.2, 0.25) is 0 Å². The lowest BCUT2D eigenvalue weighted by Gasteiger charge is -2.27. The van der Waals surface area contributed by atoms with Crippen LogP contribution in [0.4, 0.5) is 0 Å². The molecule has 0 fully saturated rings. The normalized spacial score (nSPS) is 14.8. The zero-order valence-corrected chi connectivity index (χ0v) is 26.3. The van der Waals surface area contributed by atoms with E-state index in [1.165, 1.54) is 103 Å². The van der Waals surface area contributed by atoms with Crippen molar-refractivity contribution in [2.75, 3.05) is 6.61 Å². The number of hydrogen-bond acceptors (Lipinski definition) is 5. The highest BCUT2D eigenvalue weighted by Gasteiger charge is 2.28. The topological polar surface area (TPSA) is 110 Å². The summed E-state index contributed by atoms with van der Waals surface area (Å²) in [6, 6.07) is -0.993. The fraction of sp³-hybridized carbons (Fsp3) is 0.912. The Kier molecular flexibility index (Phi) is 28.8. The first-order valence-electron chi connectivity index (χ1n) is 17.1. The van der Waals surface area contributed by atoms with Crippen LogP contribution in [0, 0.1) is 0 Å². The molecule has 0 spiro atoms. The average molecular weight is 570 g/mol. The summed E-state index contributed by atoms with van der Waals surface area (Å²) in [5, 5.41) is 43.1. The summed E-state index contributed by atoms with van der Waals surface area (Å²) < 4.78 is 0. The molecule has 0 bridgehead atoms. The Bertz CT molecular complexity index is 571. The quantitative estimate of drug-likeness (QED) is 0.0454. The van der Waals surface area contributed by atoms with Crippen LogP contribution in [-0.4, -0.2) is 57.3 Å². The van der Waals surface area contributed by atoms with E-state index in [4.69, 9.17) is 0 Å². The predicted molar refractivity (Wildman–Crippen MR) is 168 cm³/mol. The van der Waals surface area contributed by atoms with Gasteiger partial charge in [0.1, 0.15) is 12.2 Å². The van der Waals surface area contributed by atoms with Gasteiger partial charge < -0.3 is 25.7 Å². The first kappa shape index (κ1) is 39.0. The van der Waals surface area contributed by atoms with E-state index in [-0.39, 0.29) is 0 Å². The molecule has 0 saturated heterocycles. The van der Waals surface area contributed by atoms with Crippen molar-refractivity contribution in [2.24, 2.45) is 0 Å². The minimum absolute atomic E-state index is 0.367. The molecule has 0 heterocycles. The van der Waals surface area contributed by atoms with Crippen LogP contribution in [0.1, 0.15) is 168 Å². The predicted octanol–water partition coefficient (Wildman–Crippen LogP) is 7.50. The Morgan fingerprint density at radius 3 is 1.50 bits per heavy atom. The van der Waals surface area contributed by atoms with Crippen molar-refractivity contribution in [3.63, 3.8) is 0 Å². The molecule has 6 heteroatoms. The van der Waals surface area contributed by atoms with E-state index in [2.05, 4.69) is 31.3 Å². The maximum absolute atomic E-state index is 12.4. The molecule has 2 unspecified atom stereocenters. The van der Waals surface area contributed by atoms with Crippen LogP contribution in [0.15, 0.2) is 12.2 Å². The van der Waals surface area contributed by atoms with Crippen LogP contribution in [0.5, 0.6) is 0 Å². The molecule has 0 aromatic carbocycles. The third-order valence-corrected chi connectivity index (χ3v) is 7.98. The molecular formula is C34H67NO5. The van der Waals surface area contributed by atoms with Crippen LogP contribution < -0.4 is 5.32 Å². The van der Waals surface area contributed by atoms with Gasteiger partial charge in [-0.2, -0.15) is 0 Å². The Labute approximate surface area is 247 Å². The first-order chi connectivity index (χ1) is 19.5. The Hall–Kier alpha value is -0.950. The molecule has 1 amide bonds. The van der Waals surface area contributed by atoms with Crippen LogP contribution in [0.3, 0.4) is 0 Å². The molecule has 0 saturated carbocycles. The van der Waals surface area contributed by atoms with E-state index in [1.807, 2.05) is 0 Å². The summed E-state index contributed by atoms with van der Waals surface area (Å²) in [6.07, 6.45) is 28.2. The molecule has 0 aromatic heterocycles. The van der Waals surface area contributed by atoms with Gasteiger partial charge in [0.25, 0.3) is 0 Å². The number of nitrogens with one attached hydrogen (secondary N) is 1. The van der Waals surface area contributed by atoms with Gasteiger partial charge in [0.05, 0.1) is 18.8 Å². The zero-order valence-electron chi connectivity index (χ0n) is 26.3. The third-order valence-electron chi connectivity index (χ3n) is 7.98. The van der Waals surface area contributed by atoms with Crippen LogP contribution >= 0.6 is 0 Å². The SMILES string of the molecule is CCCCC/C=C/CCCC(O)[C@@H](O)C(CO)NC(=O)[C@H](O)CCCCCCCCCCCCCCCCCC. The fourth-order valence-corrected chi connectivity index (χ4v) is 5.17. The molecule has 0 aliphatic heterocycles. The lowest BCUT2D eigenvalue weighted by Crippen LogP contribution is -2.53. The smallest absolute Gasteiger partial charge is 0.249 e. The molecular weight excluding hydrogens is 502 g/mol. The number of aliphatic hydroxyl groups excluding tert-OH is 4. The minimum Gasteiger partial charge on any atom is -0.394 e. The molecule has 0 aromatic rings. The molecule has 4 atom stereocenters. The highest BCUT2D eigenvalue weighted by Crippen LogP contribution is 2.15. The molecule has 0 aliphatic rings. The van der Waals surface area contributed by atoms with Gasteiger partial charge in [-0.15, -0.1) is 0 Å². The maximum atomic E-state index is 12.4. The van der Waals surface area contributed by atoms with Gasteiger partial charge in [0.15, 0.2) is 0 Å². The highest BCUT2D eigenvalue weighted by molar-refractivity contribution is 5.80. The summed E-state index contributed by atoms with van der Waals surface area (Å²) in [5.41, 5.74) is 0. The lowest BCUT2D eigenvalue weighted by molar-refractivity contribution is -0.132. The molecule has 5 N–H and O–H groups in total. The van der Waals surface area contributed by atoms with Crippen molar-refractivity contribution in [3.05, 3.63) is 12.2 Å². The van der Waals surface area contributed by atoms with Crippen molar-refractivity contribution < 1.29 is 25.2 Å². The second-order valence-electron chi connectivity index (χ2n) is 11.9. The largest absolute Gasteiger partial charge is 0.394 e. The van der Waals surface area contributed by atoms with E-state index >= 15 is 0 Å². The van der Waals surface area contributed by atoms with Gasteiger partial charge in [-0.3, -0.25) is 4.79 Å². The molecule has 0 radical (unpaired) electrons. The molecule has 40 heavy (non-hydrogen) atoms. The Morgan fingerprint density at radius 1 is 0.600 bits per heavy atom. The van der Waals surface area contributed by atoms with Crippen molar-refractivity contribution >= 4 is 5.91 Å². The highest BCUT2D eigenvalue weighted by atomic mass is 16.3. The molecule has 6 nitrogen and oxygen atoms in total. The number of rotatable bonds is 30. The van der Waals surface area contributed by atoms with Crippen molar-refractivity contribution in [1.29, 1.82) is 0 Å². The number of carbonyl (C=O) groups excluding carboxylic acids is 1. The summed E-state index contributed by atoms with van der Waals surface area (Å²) in [5.74, 6) is -0.596. The summed E-state index contributed by atoms with van der Waals surface area (Å²) in [6.45, 7) is 3.95. The summed E-state index contributed by atoms with van der Waals surface area (Å²) >= 11 is 0. The Morgan fingerprint density at radius 2 is 1.02 bits per heavy atom. The minimum atomic E-state index is -1.27. The van der Waals surface area contributed by atoms with Crippen molar-refractivity contribution in [3.8, 4) is 0 Å². The number of unbranched alkanes of at least 4 members (excludes halogenated alkanes) is 19. The second-order valence-corrected chi connectivity index (χ2v) is 11.9. The van der Waals surface area contributed by atoms with Crippen LogP contribution in [0.25, 0.3) is 0 Å². The second kappa shape index (κ2) is 29.5. The van der Waals surface area contributed by atoms with Gasteiger partial charge in [-0.05, 0) is 38.5 Å². The van der Waals surface area contributed by atoms with Gasteiger partial charge in [0, 0.05) is 0 Å². The van der Waals surface area contributed by atoms with Gasteiger partial charge in [0.2, 0.25) is 5.91 Å². The van der Waals surface area contributed by atoms with Gasteiger partial charge >= 0.3 is 0 Å². The number of carbonyl (C=O) groups is 1. The first-order valence-corrected chi connectivity index (χ1v) is 17.1. The van der Waals surface area contributed by atoms with Crippen LogP contribution in [-0.2, 0) is 4.79 Å². The van der Waals surface area contributed by atoms with E-state index in [1.54, 1.807) is 0 Å². The molecule has 0 aliphatic carbocycles. The molecule has 0 rings (SSSR count). The number of hydrogen-bond donors (Lipinski definition) is 5.